The molecule has 0 aliphatic carbocycles. The Bertz CT molecular complexity index is 822. The van der Waals surface area contributed by atoms with E-state index in [1.54, 1.807) is 18.3 Å². The quantitative estimate of drug-likeness (QED) is 0.771. The normalized spacial score (nSPS) is 11.3. The van der Waals surface area contributed by atoms with Gasteiger partial charge < -0.3 is 19.2 Å². The van der Waals surface area contributed by atoms with Crippen LogP contribution in [-0.2, 0) is 6.42 Å². The third-order valence-electron chi connectivity index (χ3n) is 3.50. The number of hydrogen-bond donors (Lipinski definition) is 2. The summed E-state index contributed by atoms with van der Waals surface area (Å²) in [7, 11) is 0. The summed E-state index contributed by atoms with van der Waals surface area (Å²) in [6.07, 6.45) is 1.91. The first-order chi connectivity index (χ1) is 11.0. The van der Waals surface area contributed by atoms with E-state index in [0.717, 1.165) is 5.56 Å². The third-order valence-corrected chi connectivity index (χ3v) is 3.50. The van der Waals surface area contributed by atoms with E-state index < -0.39 is 0 Å². The first kappa shape index (κ1) is 15.1. The predicted molar refractivity (Wildman–Crippen MR) is 80.6 cm³/mol. The molecule has 0 aliphatic heterocycles. The molecule has 0 bridgehead atoms. The van der Waals surface area contributed by atoms with E-state index in [0.29, 0.717) is 12.3 Å². The summed E-state index contributed by atoms with van der Waals surface area (Å²) in [4.78, 5) is 0. The molecule has 7 heteroatoms. The van der Waals surface area contributed by atoms with Gasteiger partial charge >= 0.3 is 0 Å². The van der Waals surface area contributed by atoms with E-state index in [9.17, 15) is 14.6 Å². The Kier molecular flexibility index (Phi) is 3.77. The maximum atomic E-state index is 12.9. The molecule has 0 saturated carbocycles. The summed E-state index contributed by atoms with van der Waals surface area (Å²) in [5.41, 5.74) is 1.10. The van der Waals surface area contributed by atoms with Crippen molar-refractivity contribution in [1.29, 1.82) is 0 Å². The zero-order valence-corrected chi connectivity index (χ0v) is 12.7. The second-order valence-electron chi connectivity index (χ2n) is 5.52. The first-order valence-electron chi connectivity index (χ1n) is 7.15. The van der Waals surface area contributed by atoms with Gasteiger partial charge in [0.05, 0.1) is 6.42 Å². The fourth-order valence-corrected chi connectivity index (χ4v) is 2.27. The molecule has 0 aliphatic rings. The molecule has 6 nitrogen and oxygen atoms in total. The average molecular weight is 317 g/mol. The fourth-order valence-electron chi connectivity index (χ4n) is 2.27. The molecule has 120 valence electrons. The second kappa shape index (κ2) is 5.75. The minimum atomic E-state index is -0.310. The molecule has 0 spiro atoms. The Morgan fingerprint density at radius 3 is 2.48 bits per heavy atom. The van der Waals surface area contributed by atoms with Crippen molar-refractivity contribution in [3.63, 3.8) is 0 Å². The summed E-state index contributed by atoms with van der Waals surface area (Å²) >= 11 is 0. The Balaban J connectivity index is 1.87. The van der Waals surface area contributed by atoms with Gasteiger partial charge in [0.25, 0.3) is 5.89 Å². The van der Waals surface area contributed by atoms with Gasteiger partial charge in [-0.1, -0.05) is 12.1 Å². The van der Waals surface area contributed by atoms with Crippen LogP contribution in [0, 0.1) is 5.82 Å². The molecule has 0 fully saturated rings. The van der Waals surface area contributed by atoms with Crippen molar-refractivity contribution in [2.75, 3.05) is 0 Å². The Hall–Kier alpha value is -2.83. The molecule has 0 amide bonds. The molecule has 3 rings (SSSR count). The molecule has 1 aromatic carbocycles. The van der Waals surface area contributed by atoms with Gasteiger partial charge in [-0.05, 0) is 31.5 Å². The highest BCUT2D eigenvalue weighted by Crippen LogP contribution is 2.39. The Morgan fingerprint density at radius 1 is 1.17 bits per heavy atom. The lowest BCUT2D eigenvalue weighted by Crippen LogP contribution is -1.96. The number of nitrogens with zero attached hydrogens (tertiary/aromatic N) is 3. The summed E-state index contributed by atoms with van der Waals surface area (Å²) in [5, 5.41) is 27.7. The summed E-state index contributed by atoms with van der Waals surface area (Å²) in [5.74, 6) is -0.392. The molecule has 2 N–H and O–H groups in total. The van der Waals surface area contributed by atoms with Crippen LogP contribution in [0.2, 0.25) is 0 Å². The standard InChI is InChI=1S/C16H16FN3O3/c1-9(2)20-8-12(14(21)16(20)22)15-19-18-13(23-15)7-10-3-5-11(17)6-4-10/h3-6,8-9,21-22H,7H2,1-2H3. The lowest BCUT2D eigenvalue weighted by molar-refractivity contribution is 0.361. The van der Waals surface area contributed by atoms with E-state index in [1.165, 1.54) is 16.7 Å². The summed E-state index contributed by atoms with van der Waals surface area (Å²) < 4.78 is 19.9. The van der Waals surface area contributed by atoms with E-state index in [4.69, 9.17) is 4.42 Å². The van der Waals surface area contributed by atoms with E-state index in [2.05, 4.69) is 10.2 Å². The number of benzene rings is 1. The van der Waals surface area contributed by atoms with Crippen molar-refractivity contribution < 1.29 is 19.0 Å². The summed E-state index contributed by atoms with van der Waals surface area (Å²) in [6, 6.07) is 5.96. The molecule has 0 atom stereocenters. The highest BCUT2D eigenvalue weighted by Gasteiger charge is 2.21. The molecular formula is C16H16FN3O3. The van der Waals surface area contributed by atoms with E-state index >= 15 is 0 Å². The van der Waals surface area contributed by atoms with Crippen molar-refractivity contribution in [3.8, 4) is 23.1 Å². The van der Waals surface area contributed by atoms with Gasteiger partial charge in [-0.15, -0.1) is 10.2 Å². The molecule has 2 heterocycles. The van der Waals surface area contributed by atoms with Crippen LogP contribution in [0.3, 0.4) is 0 Å². The Labute approximate surface area is 131 Å². The van der Waals surface area contributed by atoms with Crippen LogP contribution in [0.15, 0.2) is 34.9 Å². The highest BCUT2D eigenvalue weighted by molar-refractivity contribution is 5.66. The van der Waals surface area contributed by atoms with Crippen LogP contribution < -0.4 is 0 Å². The fraction of sp³-hybridized carbons (Fsp3) is 0.250. The van der Waals surface area contributed by atoms with Gasteiger partial charge in [-0.2, -0.15) is 0 Å². The van der Waals surface area contributed by atoms with Gasteiger partial charge in [-0.25, -0.2) is 4.39 Å². The minimum Gasteiger partial charge on any atom is -0.503 e. The maximum Gasteiger partial charge on any atom is 0.253 e. The number of halogens is 1. The van der Waals surface area contributed by atoms with Crippen molar-refractivity contribution in [2.45, 2.75) is 26.3 Å². The predicted octanol–water partition coefficient (Wildman–Crippen LogP) is 3.26. The van der Waals surface area contributed by atoms with Crippen LogP contribution in [0.1, 0.15) is 31.3 Å². The molecule has 23 heavy (non-hydrogen) atoms. The zero-order valence-electron chi connectivity index (χ0n) is 12.7. The van der Waals surface area contributed by atoms with Crippen LogP contribution in [0.4, 0.5) is 4.39 Å². The topological polar surface area (TPSA) is 84.3 Å². The smallest absolute Gasteiger partial charge is 0.253 e. The molecule has 0 unspecified atom stereocenters. The second-order valence-corrected chi connectivity index (χ2v) is 5.52. The van der Waals surface area contributed by atoms with Crippen LogP contribution in [0.25, 0.3) is 11.5 Å². The first-order valence-corrected chi connectivity index (χ1v) is 7.15. The minimum absolute atomic E-state index is 0.0312. The third kappa shape index (κ3) is 2.90. The van der Waals surface area contributed by atoms with E-state index in [1.807, 2.05) is 13.8 Å². The number of aromatic nitrogens is 3. The van der Waals surface area contributed by atoms with Crippen LogP contribution >= 0.6 is 0 Å². The Morgan fingerprint density at radius 2 is 1.87 bits per heavy atom. The molecule has 0 saturated heterocycles. The SMILES string of the molecule is CC(C)n1cc(-c2nnc(Cc3ccc(F)cc3)o2)c(O)c1O. The van der Waals surface area contributed by atoms with Crippen molar-refractivity contribution in [3.05, 3.63) is 47.7 Å². The van der Waals surface area contributed by atoms with Crippen LogP contribution in [0.5, 0.6) is 11.6 Å². The van der Waals surface area contributed by atoms with Crippen molar-refractivity contribution in [2.24, 2.45) is 0 Å². The van der Waals surface area contributed by atoms with Crippen LogP contribution in [-0.4, -0.2) is 25.0 Å². The van der Waals surface area contributed by atoms with Gasteiger partial charge in [0.1, 0.15) is 11.4 Å². The zero-order chi connectivity index (χ0) is 16.6. The lowest BCUT2D eigenvalue weighted by Gasteiger charge is -2.07. The molecular weight excluding hydrogens is 301 g/mol. The van der Waals surface area contributed by atoms with E-state index in [-0.39, 0.29) is 34.9 Å². The molecule has 3 aromatic rings. The van der Waals surface area contributed by atoms with Gasteiger partial charge in [-0.3, -0.25) is 0 Å². The lowest BCUT2D eigenvalue weighted by atomic mass is 10.1. The summed E-state index contributed by atoms with van der Waals surface area (Å²) in [6.45, 7) is 3.74. The molecule has 2 aromatic heterocycles. The van der Waals surface area contributed by atoms with Crippen molar-refractivity contribution in [1.82, 2.24) is 14.8 Å². The number of rotatable bonds is 4. The van der Waals surface area contributed by atoms with Crippen molar-refractivity contribution >= 4 is 0 Å². The number of aromatic hydroxyl groups is 2. The maximum absolute atomic E-state index is 12.9. The monoisotopic (exact) mass is 317 g/mol. The molecule has 0 radical (unpaired) electrons. The highest BCUT2D eigenvalue weighted by atomic mass is 19.1. The largest absolute Gasteiger partial charge is 0.503 e. The number of hydrogen-bond acceptors (Lipinski definition) is 5. The van der Waals surface area contributed by atoms with Gasteiger partial charge in [0.15, 0.2) is 5.75 Å². The van der Waals surface area contributed by atoms with Gasteiger partial charge in [0.2, 0.25) is 11.8 Å². The van der Waals surface area contributed by atoms with Gasteiger partial charge in [0, 0.05) is 12.2 Å². The average Bonchev–Trinajstić information content (AvgIpc) is 3.08.